The first-order valence-corrected chi connectivity index (χ1v) is 9.63. The van der Waals surface area contributed by atoms with E-state index in [1.807, 2.05) is 6.92 Å². The molecule has 4 nitrogen and oxygen atoms in total. The van der Waals surface area contributed by atoms with Crippen molar-refractivity contribution in [2.45, 2.75) is 65.0 Å². The summed E-state index contributed by atoms with van der Waals surface area (Å²) in [5.74, 6) is -0.635. The van der Waals surface area contributed by atoms with Gasteiger partial charge in [-0.3, -0.25) is 0 Å². The highest BCUT2D eigenvalue weighted by atomic mass is 28.4. The molecule has 0 saturated heterocycles. The first kappa shape index (κ1) is 18.3. The Morgan fingerprint density at radius 1 is 1.37 bits per heavy atom. The summed E-state index contributed by atoms with van der Waals surface area (Å²) in [6.45, 7) is 14.3. The molecule has 0 spiro atoms. The van der Waals surface area contributed by atoms with Crippen LogP contribution in [-0.2, 0) is 14.0 Å². The van der Waals surface area contributed by atoms with Crippen molar-refractivity contribution in [2.75, 3.05) is 6.61 Å². The van der Waals surface area contributed by atoms with Crippen LogP contribution in [-0.4, -0.2) is 38.2 Å². The van der Waals surface area contributed by atoms with Crippen LogP contribution in [0, 0.1) is 0 Å². The molecule has 0 radical (unpaired) electrons. The lowest BCUT2D eigenvalue weighted by molar-refractivity contribution is -0.156. The number of carbonyl (C=O) groups excluding carboxylic acids is 1. The summed E-state index contributed by atoms with van der Waals surface area (Å²) in [7, 11) is -2.06. The summed E-state index contributed by atoms with van der Waals surface area (Å²) in [5, 5.41) is 10.1. The van der Waals surface area contributed by atoms with Gasteiger partial charge in [-0.25, -0.2) is 4.79 Å². The molecule has 0 aliphatic carbocycles. The van der Waals surface area contributed by atoms with Gasteiger partial charge in [0.25, 0.3) is 0 Å². The number of hydrogen-bond acceptors (Lipinski definition) is 4. The van der Waals surface area contributed by atoms with Gasteiger partial charge in [-0.15, -0.1) is 0 Å². The molecule has 0 aromatic rings. The maximum atomic E-state index is 11.6. The minimum atomic E-state index is -2.06. The van der Waals surface area contributed by atoms with Gasteiger partial charge in [0.1, 0.15) is 6.10 Å². The van der Waals surface area contributed by atoms with Crippen molar-refractivity contribution in [3.63, 3.8) is 0 Å². The zero-order valence-corrected chi connectivity index (χ0v) is 14.2. The minimum absolute atomic E-state index is 0.0151. The molecule has 0 bridgehead atoms. The average molecular weight is 288 g/mol. The molecular weight excluding hydrogens is 260 g/mol. The van der Waals surface area contributed by atoms with Crippen molar-refractivity contribution in [3.05, 3.63) is 12.2 Å². The van der Waals surface area contributed by atoms with Gasteiger partial charge in [0, 0.05) is 0 Å². The van der Waals surface area contributed by atoms with E-state index < -0.39 is 26.5 Å². The van der Waals surface area contributed by atoms with E-state index in [0.29, 0.717) is 0 Å². The third-order valence-electron chi connectivity index (χ3n) is 3.46. The Bertz CT molecular complexity index is 318. The van der Waals surface area contributed by atoms with Crippen LogP contribution in [0.15, 0.2) is 12.2 Å². The fourth-order valence-electron chi connectivity index (χ4n) is 1.28. The molecule has 1 N–H and O–H groups in total. The quantitative estimate of drug-likeness (QED) is 0.464. The molecule has 19 heavy (non-hydrogen) atoms. The molecule has 0 amide bonds. The first-order chi connectivity index (χ1) is 8.56. The fourth-order valence-corrected chi connectivity index (χ4v) is 2.52. The van der Waals surface area contributed by atoms with Gasteiger partial charge in [0.2, 0.25) is 0 Å². The summed E-state index contributed by atoms with van der Waals surface area (Å²) in [5.41, 5.74) is 0. The summed E-state index contributed by atoms with van der Waals surface area (Å²) >= 11 is 0. The predicted molar refractivity (Wildman–Crippen MR) is 79.5 cm³/mol. The normalized spacial score (nSPS) is 16.4. The van der Waals surface area contributed by atoms with E-state index in [1.54, 1.807) is 19.1 Å². The monoisotopic (exact) mass is 288 g/mol. The third-order valence-corrected chi connectivity index (χ3v) is 7.93. The highest BCUT2D eigenvalue weighted by Gasteiger charge is 2.41. The van der Waals surface area contributed by atoms with Crippen molar-refractivity contribution in [1.82, 2.24) is 0 Å². The highest BCUT2D eigenvalue weighted by Crippen LogP contribution is 2.37. The van der Waals surface area contributed by atoms with Crippen LogP contribution in [0.4, 0.5) is 0 Å². The Morgan fingerprint density at radius 3 is 2.26 bits per heavy atom. The summed E-state index contributed by atoms with van der Waals surface area (Å²) in [6.07, 6.45) is 1.57. The number of rotatable bonds is 6. The Morgan fingerprint density at radius 2 is 1.89 bits per heavy atom. The van der Waals surface area contributed by atoms with E-state index >= 15 is 0 Å². The highest BCUT2D eigenvalue weighted by molar-refractivity contribution is 6.74. The van der Waals surface area contributed by atoms with Gasteiger partial charge < -0.3 is 14.3 Å². The predicted octanol–water partition coefficient (Wildman–Crippen LogP) is 2.88. The molecule has 0 unspecified atom stereocenters. The van der Waals surface area contributed by atoms with Gasteiger partial charge in [0.15, 0.2) is 14.4 Å². The summed E-state index contributed by atoms with van der Waals surface area (Å²) in [4.78, 5) is 11.6. The number of hydrogen-bond donors (Lipinski definition) is 1. The van der Waals surface area contributed by atoms with Crippen LogP contribution in [0.1, 0.15) is 34.6 Å². The molecule has 0 heterocycles. The van der Waals surface area contributed by atoms with Gasteiger partial charge in [-0.2, -0.15) is 0 Å². The standard InChI is InChI=1S/C14H28O4Si/c1-8-10-11(12(15)13(16)17-9-2)18-19(6,7)14(3,4)5/h8,10-12,15H,9H2,1-7H3/b10-8+/t11-,12+/m1/s1. The molecule has 0 aliphatic rings. The summed E-state index contributed by atoms with van der Waals surface area (Å²) in [6, 6.07) is 0. The van der Waals surface area contributed by atoms with E-state index in [0.717, 1.165) is 0 Å². The zero-order valence-electron chi connectivity index (χ0n) is 13.2. The van der Waals surface area contributed by atoms with Gasteiger partial charge in [-0.1, -0.05) is 32.9 Å². The zero-order chi connectivity index (χ0) is 15.3. The molecule has 0 aromatic heterocycles. The molecule has 5 heteroatoms. The largest absolute Gasteiger partial charge is 0.464 e. The Balaban J connectivity index is 4.99. The first-order valence-electron chi connectivity index (χ1n) is 6.72. The number of allylic oxidation sites excluding steroid dienone is 1. The van der Waals surface area contributed by atoms with E-state index in [2.05, 4.69) is 33.9 Å². The fraction of sp³-hybridized carbons (Fsp3) is 0.786. The number of esters is 1. The van der Waals surface area contributed by atoms with Crippen molar-refractivity contribution in [2.24, 2.45) is 0 Å². The van der Waals surface area contributed by atoms with Crippen LogP contribution >= 0.6 is 0 Å². The Hall–Kier alpha value is -0.653. The lowest BCUT2D eigenvalue weighted by Gasteiger charge is -2.39. The summed E-state index contributed by atoms with van der Waals surface area (Å²) < 4.78 is 10.9. The van der Waals surface area contributed by atoms with Crippen molar-refractivity contribution < 1.29 is 19.1 Å². The van der Waals surface area contributed by atoms with E-state index in [9.17, 15) is 9.90 Å². The van der Waals surface area contributed by atoms with E-state index in [4.69, 9.17) is 9.16 Å². The topological polar surface area (TPSA) is 55.8 Å². The molecule has 0 aromatic carbocycles. The number of ether oxygens (including phenoxy) is 1. The van der Waals surface area contributed by atoms with Crippen LogP contribution in [0.3, 0.4) is 0 Å². The smallest absolute Gasteiger partial charge is 0.338 e. The van der Waals surface area contributed by atoms with Gasteiger partial charge in [-0.05, 0) is 32.0 Å². The van der Waals surface area contributed by atoms with E-state index in [-0.39, 0.29) is 11.6 Å². The maximum Gasteiger partial charge on any atom is 0.338 e. The molecule has 2 atom stereocenters. The maximum absolute atomic E-state index is 11.6. The molecule has 0 fully saturated rings. The van der Waals surface area contributed by atoms with Crippen molar-refractivity contribution in [1.29, 1.82) is 0 Å². The number of aliphatic hydroxyl groups is 1. The second kappa shape index (κ2) is 7.22. The van der Waals surface area contributed by atoms with Gasteiger partial charge >= 0.3 is 5.97 Å². The number of aliphatic hydroxyl groups excluding tert-OH is 1. The van der Waals surface area contributed by atoms with Crippen molar-refractivity contribution in [3.8, 4) is 0 Å². The van der Waals surface area contributed by atoms with Crippen LogP contribution < -0.4 is 0 Å². The lowest BCUT2D eigenvalue weighted by Crippen LogP contribution is -2.48. The SMILES string of the molecule is C/C=C/[C@@H](O[Si](C)(C)C(C)(C)C)[C@H](O)C(=O)OCC. The van der Waals surface area contributed by atoms with Crippen LogP contribution in [0.5, 0.6) is 0 Å². The van der Waals surface area contributed by atoms with Gasteiger partial charge in [0.05, 0.1) is 6.61 Å². The second-order valence-corrected chi connectivity index (χ2v) is 10.8. The average Bonchev–Trinajstić information content (AvgIpc) is 2.26. The molecule has 112 valence electrons. The minimum Gasteiger partial charge on any atom is -0.464 e. The van der Waals surface area contributed by atoms with E-state index in [1.165, 1.54) is 0 Å². The Labute approximate surface area is 117 Å². The molecule has 0 saturated carbocycles. The van der Waals surface area contributed by atoms with Crippen molar-refractivity contribution >= 4 is 14.3 Å². The molecule has 0 rings (SSSR count). The molecule has 0 aliphatic heterocycles. The second-order valence-electron chi connectivity index (χ2n) is 6.07. The van der Waals surface area contributed by atoms with Crippen LogP contribution in [0.2, 0.25) is 18.1 Å². The Kier molecular flexibility index (Phi) is 6.97. The third kappa shape index (κ3) is 5.46. The van der Waals surface area contributed by atoms with Crippen LogP contribution in [0.25, 0.3) is 0 Å². The molecular formula is C14H28O4Si. The number of carbonyl (C=O) groups is 1. The lowest BCUT2D eigenvalue weighted by atomic mass is 10.2.